The zero-order valence-electron chi connectivity index (χ0n) is 10.7. The van der Waals surface area contributed by atoms with Gasteiger partial charge in [0.15, 0.2) is 0 Å². The topological polar surface area (TPSA) is 41.1 Å². The fourth-order valence-electron chi connectivity index (χ4n) is 2.13. The normalized spacial score (nSPS) is 18.2. The number of rotatable bonds is 4. The second-order valence-electron chi connectivity index (χ2n) is 4.83. The average Bonchev–Trinajstić information content (AvgIpc) is 2.81. The molecule has 0 bridgehead atoms. The third-order valence-corrected chi connectivity index (χ3v) is 3.25. The molecule has 1 unspecified atom stereocenters. The number of carbonyl (C=O) groups excluding carboxylic acids is 1. The van der Waals surface area contributed by atoms with Crippen molar-refractivity contribution in [3.05, 3.63) is 35.4 Å². The van der Waals surface area contributed by atoms with E-state index in [1.54, 1.807) is 0 Å². The van der Waals surface area contributed by atoms with E-state index in [1.165, 1.54) is 5.56 Å². The average molecular weight is 269 g/mol. The van der Waals surface area contributed by atoms with Crippen LogP contribution in [0.4, 0.5) is 0 Å². The first kappa shape index (κ1) is 15.0. The van der Waals surface area contributed by atoms with Gasteiger partial charge >= 0.3 is 0 Å². The number of halogens is 1. The van der Waals surface area contributed by atoms with E-state index < -0.39 is 0 Å². The van der Waals surface area contributed by atoms with Crippen LogP contribution in [0, 0.1) is 12.8 Å². The molecule has 4 heteroatoms. The molecule has 1 atom stereocenters. The van der Waals surface area contributed by atoms with Gasteiger partial charge in [-0.3, -0.25) is 4.79 Å². The van der Waals surface area contributed by atoms with Crippen LogP contribution in [0.25, 0.3) is 0 Å². The molecule has 1 aliphatic heterocycles. The van der Waals surface area contributed by atoms with Gasteiger partial charge in [-0.2, -0.15) is 0 Å². The molecule has 1 saturated heterocycles. The monoisotopic (exact) mass is 268 g/mol. The first-order valence-corrected chi connectivity index (χ1v) is 6.27. The zero-order valence-corrected chi connectivity index (χ0v) is 11.6. The lowest BCUT2D eigenvalue weighted by Gasteiger charge is -2.09. The first-order chi connectivity index (χ1) is 8.24. The summed E-state index contributed by atoms with van der Waals surface area (Å²) in [6.45, 7) is 4.74. The SMILES string of the molecule is Cc1ccc(CNC(=O)CC2CCNC2)cc1.Cl. The minimum Gasteiger partial charge on any atom is -0.352 e. The molecule has 18 heavy (non-hydrogen) atoms. The molecular formula is C14H21ClN2O. The summed E-state index contributed by atoms with van der Waals surface area (Å²) < 4.78 is 0. The maximum absolute atomic E-state index is 11.7. The number of amides is 1. The molecule has 2 N–H and O–H groups in total. The van der Waals surface area contributed by atoms with Crippen LogP contribution in [0.1, 0.15) is 24.0 Å². The van der Waals surface area contributed by atoms with Gasteiger partial charge in [-0.1, -0.05) is 29.8 Å². The van der Waals surface area contributed by atoms with Crippen molar-refractivity contribution >= 4 is 18.3 Å². The number of hydrogen-bond donors (Lipinski definition) is 2. The highest BCUT2D eigenvalue weighted by atomic mass is 35.5. The molecule has 2 rings (SSSR count). The molecule has 1 aromatic carbocycles. The maximum Gasteiger partial charge on any atom is 0.220 e. The molecule has 0 spiro atoms. The fourth-order valence-corrected chi connectivity index (χ4v) is 2.13. The highest BCUT2D eigenvalue weighted by molar-refractivity contribution is 5.85. The lowest BCUT2D eigenvalue weighted by Crippen LogP contribution is -2.25. The smallest absolute Gasteiger partial charge is 0.220 e. The van der Waals surface area contributed by atoms with Gasteiger partial charge in [0, 0.05) is 13.0 Å². The Kier molecular flexibility index (Phi) is 6.16. The first-order valence-electron chi connectivity index (χ1n) is 6.27. The summed E-state index contributed by atoms with van der Waals surface area (Å²) in [5.41, 5.74) is 2.41. The van der Waals surface area contributed by atoms with Crippen LogP contribution in [0.2, 0.25) is 0 Å². The van der Waals surface area contributed by atoms with Gasteiger partial charge in [0.2, 0.25) is 5.91 Å². The molecule has 3 nitrogen and oxygen atoms in total. The summed E-state index contributed by atoms with van der Waals surface area (Å²) in [5.74, 6) is 0.687. The largest absolute Gasteiger partial charge is 0.352 e. The van der Waals surface area contributed by atoms with Crippen LogP contribution in [0.5, 0.6) is 0 Å². The van der Waals surface area contributed by atoms with Crippen LogP contribution in [-0.2, 0) is 11.3 Å². The van der Waals surface area contributed by atoms with E-state index in [2.05, 4.69) is 41.8 Å². The van der Waals surface area contributed by atoms with E-state index >= 15 is 0 Å². The van der Waals surface area contributed by atoms with Crippen molar-refractivity contribution in [3.8, 4) is 0 Å². The number of nitrogens with one attached hydrogen (secondary N) is 2. The highest BCUT2D eigenvalue weighted by Gasteiger charge is 2.17. The van der Waals surface area contributed by atoms with Crippen LogP contribution in [-0.4, -0.2) is 19.0 Å². The van der Waals surface area contributed by atoms with E-state index in [9.17, 15) is 4.79 Å². The van der Waals surface area contributed by atoms with Crippen molar-refractivity contribution in [2.45, 2.75) is 26.3 Å². The summed E-state index contributed by atoms with van der Waals surface area (Å²) in [7, 11) is 0. The van der Waals surface area contributed by atoms with Crippen LogP contribution < -0.4 is 10.6 Å². The van der Waals surface area contributed by atoms with Gasteiger partial charge in [0.1, 0.15) is 0 Å². The molecule has 1 heterocycles. The van der Waals surface area contributed by atoms with Gasteiger partial charge in [-0.15, -0.1) is 12.4 Å². The van der Waals surface area contributed by atoms with E-state index in [4.69, 9.17) is 0 Å². The quantitative estimate of drug-likeness (QED) is 0.877. The second-order valence-corrected chi connectivity index (χ2v) is 4.83. The maximum atomic E-state index is 11.7. The van der Waals surface area contributed by atoms with Crippen molar-refractivity contribution in [1.82, 2.24) is 10.6 Å². The van der Waals surface area contributed by atoms with Crippen LogP contribution in [0.3, 0.4) is 0 Å². The lowest BCUT2D eigenvalue weighted by molar-refractivity contribution is -0.122. The lowest BCUT2D eigenvalue weighted by atomic mass is 10.0. The Morgan fingerprint density at radius 1 is 1.39 bits per heavy atom. The number of benzene rings is 1. The predicted molar refractivity (Wildman–Crippen MR) is 75.9 cm³/mol. The van der Waals surface area contributed by atoms with Gasteiger partial charge in [-0.25, -0.2) is 0 Å². The Hall–Kier alpha value is -1.06. The van der Waals surface area contributed by atoms with Crippen molar-refractivity contribution in [1.29, 1.82) is 0 Å². The predicted octanol–water partition coefficient (Wildman–Crippen LogP) is 2.03. The third kappa shape index (κ3) is 4.67. The molecule has 1 amide bonds. The van der Waals surface area contributed by atoms with Crippen LogP contribution in [0.15, 0.2) is 24.3 Å². The Morgan fingerprint density at radius 3 is 2.72 bits per heavy atom. The summed E-state index contributed by atoms with van der Waals surface area (Å²) in [6, 6.07) is 8.27. The molecule has 0 radical (unpaired) electrons. The van der Waals surface area contributed by atoms with Gasteiger partial charge < -0.3 is 10.6 Å². The standard InChI is InChI=1S/C14H20N2O.ClH/c1-11-2-4-12(5-3-11)10-16-14(17)8-13-6-7-15-9-13;/h2-5,13,15H,6-10H2,1H3,(H,16,17);1H. The molecule has 0 aliphatic carbocycles. The minimum absolute atomic E-state index is 0. The zero-order chi connectivity index (χ0) is 12.1. The molecule has 100 valence electrons. The summed E-state index contributed by atoms with van der Waals surface area (Å²) in [4.78, 5) is 11.7. The Labute approximate surface area is 115 Å². The fraction of sp³-hybridized carbons (Fsp3) is 0.500. The van der Waals surface area contributed by atoms with Crippen molar-refractivity contribution in [2.24, 2.45) is 5.92 Å². The van der Waals surface area contributed by atoms with E-state index in [0.29, 0.717) is 18.9 Å². The number of aryl methyl sites for hydroxylation is 1. The van der Waals surface area contributed by atoms with Gasteiger partial charge in [0.25, 0.3) is 0 Å². The summed E-state index contributed by atoms with van der Waals surface area (Å²) in [5, 5.41) is 6.26. The Bertz CT molecular complexity index is 372. The van der Waals surface area contributed by atoms with Gasteiger partial charge in [-0.05, 0) is 37.9 Å². The van der Waals surface area contributed by atoms with E-state index in [1.807, 2.05) is 0 Å². The molecule has 0 saturated carbocycles. The number of hydrogen-bond acceptors (Lipinski definition) is 2. The molecule has 0 aromatic heterocycles. The highest BCUT2D eigenvalue weighted by Crippen LogP contribution is 2.11. The number of carbonyl (C=O) groups is 1. The Balaban J connectivity index is 0.00000162. The van der Waals surface area contributed by atoms with E-state index in [-0.39, 0.29) is 18.3 Å². The molecular weight excluding hydrogens is 248 g/mol. The second kappa shape index (κ2) is 7.39. The molecule has 1 aliphatic rings. The van der Waals surface area contributed by atoms with Gasteiger partial charge in [0.05, 0.1) is 0 Å². The Morgan fingerprint density at radius 2 is 2.11 bits per heavy atom. The summed E-state index contributed by atoms with van der Waals surface area (Å²) in [6.07, 6.45) is 1.77. The molecule has 1 aromatic rings. The van der Waals surface area contributed by atoms with Crippen molar-refractivity contribution < 1.29 is 4.79 Å². The van der Waals surface area contributed by atoms with Crippen LogP contribution >= 0.6 is 12.4 Å². The minimum atomic E-state index is 0. The summed E-state index contributed by atoms with van der Waals surface area (Å²) >= 11 is 0. The van der Waals surface area contributed by atoms with Crippen molar-refractivity contribution in [2.75, 3.05) is 13.1 Å². The molecule has 1 fully saturated rings. The van der Waals surface area contributed by atoms with E-state index in [0.717, 1.165) is 25.1 Å². The van der Waals surface area contributed by atoms with Crippen molar-refractivity contribution in [3.63, 3.8) is 0 Å². The third-order valence-electron chi connectivity index (χ3n) is 3.25.